The number of carbonyl (C=O) groups is 2. The minimum absolute atomic E-state index is 0.0539. The molecule has 0 saturated heterocycles. The molecule has 0 aliphatic carbocycles. The molecular weight excluding hydrogens is 342 g/mol. The van der Waals surface area contributed by atoms with Crippen LogP contribution in [0.2, 0.25) is 0 Å². The van der Waals surface area contributed by atoms with Crippen LogP contribution < -0.4 is 9.64 Å². The summed E-state index contributed by atoms with van der Waals surface area (Å²) in [6.07, 6.45) is 1.46. The van der Waals surface area contributed by atoms with Gasteiger partial charge in [0.25, 0.3) is 0 Å². The highest BCUT2D eigenvalue weighted by Gasteiger charge is 2.13. The van der Waals surface area contributed by atoms with Gasteiger partial charge in [-0.1, -0.05) is 30.3 Å². The minimum Gasteiger partial charge on any atom is -0.497 e. The van der Waals surface area contributed by atoms with Gasteiger partial charge in [-0.3, -0.25) is 9.59 Å². The van der Waals surface area contributed by atoms with E-state index in [1.54, 1.807) is 19.1 Å². The van der Waals surface area contributed by atoms with Crippen LogP contribution in [0.5, 0.6) is 5.75 Å². The van der Waals surface area contributed by atoms with Gasteiger partial charge in [0.1, 0.15) is 11.5 Å². The van der Waals surface area contributed by atoms with Gasteiger partial charge in [-0.15, -0.1) is 0 Å². The maximum Gasteiger partial charge on any atom is 0.223 e. The Labute approximate surface area is 160 Å². The highest BCUT2D eigenvalue weighted by molar-refractivity contribution is 5.93. The number of Topliss-reactive ketones (excluding diaryl/α,β-unsaturated/α-hetero) is 1. The molecule has 0 fully saturated rings. The topological polar surface area (TPSA) is 55.8 Å². The third-order valence-electron chi connectivity index (χ3n) is 4.39. The Balaban J connectivity index is 1.74. The Hall–Kier alpha value is -2.66. The summed E-state index contributed by atoms with van der Waals surface area (Å²) in [4.78, 5) is 25.5. The molecule has 0 N–H and O–H groups in total. The second-order valence-corrected chi connectivity index (χ2v) is 6.43. The predicted octanol–water partition coefficient (Wildman–Crippen LogP) is 3.79. The van der Waals surface area contributed by atoms with Gasteiger partial charge in [0.2, 0.25) is 5.91 Å². The number of benzene rings is 2. The van der Waals surface area contributed by atoms with Gasteiger partial charge >= 0.3 is 0 Å². The first-order chi connectivity index (χ1) is 13.0. The number of para-hydroxylation sites is 1. The van der Waals surface area contributed by atoms with Gasteiger partial charge in [-0.25, -0.2) is 0 Å². The molecule has 0 saturated carbocycles. The average molecular weight is 369 g/mol. The zero-order chi connectivity index (χ0) is 19.6. The van der Waals surface area contributed by atoms with Gasteiger partial charge in [0, 0.05) is 39.1 Å². The fourth-order valence-corrected chi connectivity index (χ4v) is 2.74. The number of rotatable bonds is 10. The van der Waals surface area contributed by atoms with E-state index >= 15 is 0 Å². The van der Waals surface area contributed by atoms with Crippen LogP contribution in [-0.4, -0.2) is 32.5 Å². The summed E-state index contributed by atoms with van der Waals surface area (Å²) in [5.41, 5.74) is 2.73. The Morgan fingerprint density at radius 3 is 2.41 bits per heavy atom. The van der Waals surface area contributed by atoms with Crippen LogP contribution in [0.15, 0.2) is 48.5 Å². The van der Waals surface area contributed by atoms with E-state index in [4.69, 9.17) is 9.47 Å². The zero-order valence-corrected chi connectivity index (χ0v) is 16.2. The van der Waals surface area contributed by atoms with Crippen molar-refractivity contribution in [2.45, 2.75) is 32.8 Å². The molecule has 0 atom stereocenters. The van der Waals surface area contributed by atoms with Crippen LogP contribution in [0.4, 0.5) is 5.69 Å². The van der Waals surface area contributed by atoms with E-state index in [1.165, 1.54) is 6.92 Å². The van der Waals surface area contributed by atoms with Crippen LogP contribution in [0.3, 0.4) is 0 Å². The van der Waals surface area contributed by atoms with Gasteiger partial charge in [0.15, 0.2) is 0 Å². The van der Waals surface area contributed by atoms with Crippen molar-refractivity contribution in [1.29, 1.82) is 0 Å². The molecule has 144 valence electrons. The lowest BCUT2D eigenvalue weighted by molar-refractivity contribution is -0.119. The molecule has 0 aliphatic rings. The summed E-state index contributed by atoms with van der Waals surface area (Å²) in [6, 6.07) is 15.2. The molecule has 5 nitrogen and oxygen atoms in total. The molecule has 27 heavy (non-hydrogen) atoms. The molecule has 0 aliphatic heterocycles. The number of hydrogen-bond acceptors (Lipinski definition) is 4. The third-order valence-corrected chi connectivity index (χ3v) is 4.39. The first-order valence-electron chi connectivity index (χ1n) is 9.06. The Morgan fingerprint density at radius 1 is 1.04 bits per heavy atom. The van der Waals surface area contributed by atoms with Crippen LogP contribution in [0.25, 0.3) is 0 Å². The van der Waals surface area contributed by atoms with E-state index in [0.717, 1.165) is 22.6 Å². The highest BCUT2D eigenvalue weighted by Crippen LogP contribution is 2.20. The van der Waals surface area contributed by atoms with Crippen molar-refractivity contribution in [2.75, 3.05) is 25.7 Å². The summed E-state index contributed by atoms with van der Waals surface area (Å²) < 4.78 is 10.8. The summed E-state index contributed by atoms with van der Waals surface area (Å²) in [7, 11) is 3.36. The van der Waals surface area contributed by atoms with Crippen LogP contribution in [0, 0.1) is 0 Å². The number of hydrogen-bond donors (Lipinski definition) is 0. The van der Waals surface area contributed by atoms with Crippen LogP contribution >= 0.6 is 0 Å². The van der Waals surface area contributed by atoms with Gasteiger partial charge in [-0.2, -0.15) is 0 Å². The SMILES string of the molecule is COc1ccc(COCCCC(=O)Cc2ccccc2N(C)C(C)=O)cc1. The van der Waals surface area contributed by atoms with E-state index in [0.29, 0.717) is 32.5 Å². The average Bonchev–Trinajstić information content (AvgIpc) is 2.68. The number of carbonyl (C=O) groups excluding carboxylic acids is 2. The molecule has 5 heteroatoms. The molecule has 1 amide bonds. The Morgan fingerprint density at radius 2 is 1.74 bits per heavy atom. The van der Waals surface area contributed by atoms with Gasteiger partial charge in [-0.05, 0) is 35.7 Å². The fraction of sp³-hybridized carbons (Fsp3) is 0.364. The van der Waals surface area contributed by atoms with E-state index in [1.807, 2.05) is 48.5 Å². The number of ketones is 1. The number of ether oxygens (including phenoxy) is 2. The molecule has 0 aromatic heterocycles. The monoisotopic (exact) mass is 369 g/mol. The molecule has 2 aromatic carbocycles. The first kappa shape index (κ1) is 20.6. The fourth-order valence-electron chi connectivity index (χ4n) is 2.74. The molecule has 0 heterocycles. The second-order valence-electron chi connectivity index (χ2n) is 6.43. The second kappa shape index (κ2) is 10.5. The van der Waals surface area contributed by atoms with Crippen LogP contribution in [0.1, 0.15) is 30.9 Å². The van der Waals surface area contributed by atoms with Crippen molar-refractivity contribution in [2.24, 2.45) is 0 Å². The Kier molecular flexibility index (Phi) is 8.01. The van der Waals surface area contributed by atoms with E-state index in [-0.39, 0.29) is 11.7 Å². The molecule has 2 aromatic rings. The Bertz CT molecular complexity index is 755. The van der Waals surface area contributed by atoms with E-state index in [2.05, 4.69) is 0 Å². The zero-order valence-electron chi connectivity index (χ0n) is 16.2. The summed E-state index contributed by atoms with van der Waals surface area (Å²) in [5.74, 6) is 0.911. The number of amides is 1. The van der Waals surface area contributed by atoms with Crippen molar-refractivity contribution in [3.63, 3.8) is 0 Å². The maximum atomic E-state index is 12.3. The predicted molar refractivity (Wildman–Crippen MR) is 106 cm³/mol. The van der Waals surface area contributed by atoms with Crippen molar-refractivity contribution < 1.29 is 19.1 Å². The van der Waals surface area contributed by atoms with Crippen LogP contribution in [-0.2, 0) is 27.4 Å². The number of nitrogens with zero attached hydrogens (tertiary/aromatic N) is 1. The molecular formula is C22H27NO4. The van der Waals surface area contributed by atoms with E-state index < -0.39 is 0 Å². The molecule has 2 rings (SSSR count). The third kappa shape index (κ3) is 6.53. The van der Waals surface area contributed by atoms with Crippen molar-refractivity contribution in [3.05, 3.63) is 59.7 Å². The molecule has 0 bridgehead atoms. The number of anilines is 1. The molecule has 0 unspecified atom stereocenters. The van der Waals surface area contributed by atoms with Gasteiger partial charge in [0.05, 0.1) is 13.7 Å². The quantitative estimate of drug-likeness (QED) is 0.598. The number of methoxy groups -OCH3 is 1. The van der Waals surface area contributed by atoms with E-state index in [9.17, 15) is 9.59 Å². The lowest BCUT2D eigenvalue weighted by Gasteiger charge is -2.18. The standard InChI is InChI=1S/C22H27NO4/c1-17(24)23(2)22-9-5-4-7-19(22)15-20(25)8-6-14-27-16-18-10-12-21(26-3)13-11-18/h4-5,7,9-13H,6,8,14-16H2,1-3H3. The first-order valence-corrected chi connectivity index (χ1v) is 9.06. The van der Waals surface area contributed by atoms with Gasteiger partial charge < -0.3 is 14.4 Å². The largest absolute Gasteiger partial charge is 0.497 e. The summed E-state index contributed by atoms with van der Waals surface area (Å²) >= 11 is 0. The lowest BCUT2D eigenvalue weighted by atomic mass is 10.0. The lowest BCUT2D eigenvalue weighted by Crippen LogP contribution is -2.24. The molecule has 0 radical (unpaired) electrons. The van der Waals surface area contributed by atoms with Crippen molar-refractivity contribution in [3.8, 4) is 5.75 Å². The maximum absolute atomic E-state index is 12.3. The summed E-state index contributed by atoms with van der Waals surface area (Å²) in [6.45, 7) is 2.57. The van der Waals surface area contributed by atoms with Crippen molar-refractivity contribution in [1.82, 2.24) is 0 Å². The van der Waals surface area contributed by atoms with Crippen molar-refractivity contribution >= 4 is 17.4 Å². The highest BCUT2D eigenvalue weighted by atomic mass is 16.5. The minimum atomic E-state index is -0.0539. The smallest absolute Gasteiger partial charge is 0.223 e. The summed E-state index contributed by atoms with van der Waals surface area (Å²) in [5, 5.41) is 0. The normalized spacial score (nSPS) is 10.5. The molecule has 0 spiro atoms.